The van der Waals surface area contributed by atoms with Crippen LogP contribution in [0, 0.1) is 0 Å². The molecule has 0 atom stereocenters. The van der Waals surface area contributed by atoms with Crippen molar-refractivity contribution in [3.63, 3.8) is 0 Å². The quantitative estimate of drug-likeness (QED) is 0.725. The highest BCUT2D eigenvalue weighted by Crippen LogP contribution is 2.00. The van der Waals surface area contributed by atoms with Crippen molar-refractivity contribution in [3.8, 4) is 0 Å². The van der Waals surface area contributed by atoms with Crippen LogP contribution in [-0.4, -0.2) is 55.6 Å². The van der Waals surface area contributed by atoms with Gasteiger partial charge < -0.3 is 10.6 Å². The Balaban J connectivity index is 0.00000144. The Labute approximate surface area is 87.7 Å². The number of hydrogen-bond acceptors (Lipinski definition) is 3. The first-order chi connectivity index (χ1) is 5.86. The zero-order valence-electron chi connectivity index (χ0n) is 8.54. The largest absolute Gasteiger partial charge is 0.329 e. The molecule has 1 rings (SSSR count). The lowest BCUT2D eigenvalue weighted by Crippen LogP contribution is -2.47. The summed E-state index contributed by atoms with van der Waals surface area (Å²) in [7, 11) is 0. The third-order valence-corrected chi connectivity index (χ3v) is 2.45. The molecule has 0 aromatic rings. The molecule has 0 saturated carbocycles. The van der Waals surface area contributed by atoms with Crippen molar-refractivity contribution in [1.29, 1.82) is 0 Å². The second kappa shape index (κ2) is 7.56. The van der Waals surface area contributed by atoms with Crippen LogP contribution in [0.1, 0.15) is 13.3 Å². The SMILES string of the molecule is CCCN1CCN(CCN)CC1.Cl. The third kappa shape index (κ3) is 4.81. The number of piperazine rings is 1. The second-order valence-electron chi connectivity index (χ2n) is 3.47. The van der Waals surface area contributed by atoms with Crippen molar-refractivity contribution >= 4 is 12.4 Å². The van der Waals surface area contributed by atoms with Gasteiger partial charge in [0.05, 0.1) is 0 Å². The molecule has 1 aliphatic rings. The summed E-state index contributed by atoms with van der Waals surface area (Å²) in [6.07, 6.45) is 1.27. The summed E-state index contributed by atoms with van der Waals surface area (Å²) in [6, 6.07) is 0. The first kappa shape index (κ1) is 13.2. The van der Waals surface area contributed by atoms with Crippen LogP contribution in [0.4, 0.5) is 0 Å². The first-order valence-corrected chi connectivity index (χ1v) is 5.01. The molecule has 3 nitrogen and oxygen atoms in total. The van der Waals surface area contributed by atoms with E-state index in [9.17, 15) is 0 Å². The minimum absolute atomic E-state index is 0. The topological polar surface area (TPSA) is 32.5 Å². The van der Waals surface area contributed by atoms with Crippen molar-refractivity contribution in [2.75, 3.05) is 45.8 Å². The summed E-state index contributed by atoms with van der Waals surface area (Å²) >= 11 is 0. The smallest absolute Gasteiger partial charge is 0.0110 e. The van der Waals surface area contributed by atoms with E-state index in [1.165, 1.54) is 39.1 Å². The monoisotopic (exact) mass is 207 g/mol. The minimum Gasteiger partial charge on any atom is -0.329 e. The normalized spacial score (nSPS) is 19.8. The summed E-state index contributed by atoms with van der Waals surface area (Å²) in [6.45, 7) is 10.2. The van der Waals surface area contributed by atoms with Gasteiger partial charge in [-0.2, -0.15) is 0 Å². The first-order valence-electron chi connectivity index (χ1n) is 5.01. The van der Waals surface area contributed by atoms with E-state index < -0.39 is 0 Å². The molecule has 0 spiro atoms. The Morgan fingerprint density at radius 2 is 1.46 bits per heavy atom. The fourth-order valence-corrected chi connectivity index (χ4v) is 1.74. The van der Waals surface area contributed by atoms with Gasteiger partial charge in [0.2, 0.25) is 0 Å². The lowest BCUT2D eigenvalue weighted by Gasteiger charge is -2.34. The van der Waals surface area contributed by atoms with E-state index in [0.717, 1.165) is 13.1 Å². The summed E-state index contributed by atoms with van der Waals surface area (Å²) in [5.41, 5.74) is 5.50. The molecule has 0 aromatic heterocycles. The number of nitrogens with two attached hydrogens (primary N) is 1. The second-order valence-corrected chi connectivity index (χ2v) is 3.47. The number of nitrogens with zero attached hydrogens (tertiary/aromatic N) is 2. The molecule has 1 fully saturated rings. The highest BCUT2D eigenvalue weighted by Gasteiger charge is 2.14. The van der Waals surface area contributed by atoms with Crippen molar-refractivity contribution in [2.24, 2.45) is 5.73 Å². The maximum absolute atomic E-state index is 5.50. The lowest BCUT2D eigenvalue weighted by atomic mass is 10.3. The van der Waals surface area contributed by atoms with E-state index in [2.05, 4.69) is 16.7 Å². The molecular weight excluding hydrogens is 186 g/mol. The van der Waals surface area contributed by atoms with Gasteiger partial charge in [0, 0.05) is 39.3 Å². The zero-order valence-corrected chi connectivity index (χ0v) is 9.35. The van der Waals surface area contributed by atoms with Crippen LogP contribution in [0.2, 0.25) is 0 Å². The summed E-state index contributed by atoms with van der Waals surface area (Å²) in [5.74, 6) is 0. The van der Waals surface area contributed by atoms with Gasteiger partial charge in [0.15, 0.2) is 0 Å². The van der Waals surface area contributed by atoms with Crippen molar-refractivity contribution in [2.45, 2.75) is 13.3 Å². The molecule has 4 heteroatoms. The minimum atomic E-state index is 0. The van der Waals surface area contributed by atoms with Crippen LogP contribution in [0.25, 0.3) is 0 Å². The van der Waals surface area contributed by atoms with Crippen molar-refractivity contribution < 1.29 is 0 Å². The average molecular weight is 208 g/mol. The van der Waals surface area contributed by atoms with E-state index in [1.54, 1.807) is 0 Å². The van der Waals surface area contributed by atoms with Crippen LogP contribution in [0.5, 0.6) is 0 Å². The molecule has 2 N–H and O–H groups in total. The van der Waals surface area contributed by atoms with Gasteiger partial charge in [-0.15, -0.1) is 12.4 Å². The molecule has 1 heterocycles. The zero-order chi connectivity index (χ0) is 8.81. The molecule has 0 amide bonds. The Morgan fingerprint density at radius 1 is 1.00 bits per heavy atom. The van der Waals surface area contributed by atoms with Crippen LogP contribution in [0.15, 0.2) is 0 Å². The van der Waals surface area contributed by atoms with E-state index in [4.69, 9.17) is 5.73 Å². The molecular formula is C9H22ClN3. The van der Waals surface area contributed by atoms with Crippen LogP contribution in [-0.2, 0) is 0 Å². The predicted molar refractivity (Wildman–Crippen MR) is 59.5 cm³/mol. The van der Waals surface area contributed by atoms with Crippen LogP contribution >= 0.6 is 12.4 Å². The summed E-state index contributed by atoms with van der Waals surface area (Å²) < 4.78 is 0. The van der Waals surface area contributed by atoms with Crippen LogP contribution in [0.3, 0.4) is 0 Å². The predicted octanol–water partition coefficient (Wildman–Crippen LogP) is 0.394. The Kier molecular flexibility index (Phi) is 7.66. The molecule has 0 unspecified atom stereocenters. The van der Waals surface area contributed by atoms with E-state index in [0.29, 0.717) is 0 Å². The van der Waals surface area contributed by atoms with Crippen molar-refractivity contribution in [1.82, 2.24) is 9.80 Å². The van der Waals surface area contributed by atoms with Gasteiger partial charge in [-0.3, -0.25) is 4.90 Å². The maximum Gasteiger partial charge on any atom is 0.0110 e. The highest BCUT2D eigenvalue weighted by molar-refractivity contribution is 5.85. The Hall–Kier alpha value is 0.170. The fraction of sp³-hybridized carbons (Fsp3) is 1.00. The maximum atomic E-state index is 5.50. The third-order valence-electron chi connectivity index (χ3n) is 2.45. The average Bonchev–Trinajstić information content (AvgIpc) is 2.09. The lowest BCUT2D eigenvalue weighted by molar-refractivity contribution is 0.135. The number of hydrogen-bond donors (Lipinski definition) is 1. The van der Waals surface area contributed by atoms with Crippen molar-refractivity contribution in [3.05, 3.63) is 0 Å². The fourth-order valence-electron chi connectivity index (χ4n) is 1.74. The van der Waals surface area contributed by atoms with Gasteiger partial charge in [-0.25, -0.2) is 0 Å². The van der Waals surface area contributed by atoms with Gasteiger partial charge in [0.1, 0.15) is 0 Å². The van der Waals surface area contributed by atoms with Gasteiger partial charge >= 0.3 is 0 Å². The van der Waals surface area contributed by atoms with Crippen LogP contribution < -0.4 is 5.73 Å². The molecule has 1 aliphatic heterocycles. The molecule has 13 heavy (non-hydrogen) atoms. The van der Waals surface area contributed by atoms with Gasteiger partial charge in [-0.1, -0.05) is 6.92 Å². The standard InChI is InChI=1S/C9H21N3.ClH/c1-2-4-11-6-8-12(5-3-10)9-7-11;/h2-10H2,1H3;1H. The summed E-state index contributed by atoms with van der Waals surface area (Å²) in [5, 5.41) is 0. The Bertz CT molecular complexity index is 99.4. The molecule has 0 aliphatic carbocycles. The number of halogens is 1. The van der Waals surface area contributed by atoms with E-state index in [-0.39, 0.29) is 12.4 Å². The summed E-state index contributed by atoms with van der Waals surface area (Å²) in [4.78, 5) is 4.99. The molecule has 0 bridgehead atoms. The highest BCUT2D eigenvalue weighted by atomic mass is 35.5. The van der Waals surface area contributed by atoms with Gasteiger partial charge in [-0.05, 0) is 13.0 Å². The Morgan fingerprint density at radius 3 is 1.85 bits per heavy atom. The molecule has 0 radical (unpaired) electrons. The molecule has 80 valence electrons. The van der Waals surface area contributed by atoms with Gasteiger partial charge in [0.25, 0.3) is 0 Å². The van der Waals surface area contributed by atoms with E-state index in [1.807, 2.05) is 0 Å². The molecule has 0 aromatic carbocycles. The molecule has 1 saturated heterocycles. The number of rotatable bonds is 4. The van der Waals surface area contributed by atoms with E-state index >= 15 is 0 Å².